The maximum absolute atomic E-state index is 3.80. The average molecular weight is 292 g/mol. The van der Waals surface area contributed by atoms with Crippen molar-refractivity contribution in [1.29, 1.82) is 0 Å². The molecule has 0 spiro atoms. The molecule has 1 aromatic heterocycles. The van der Waals surface area contributed by atoms with Crippen LogP contribution in [0.5, 0.6) is 0 Å². The summed E-state index contributed by atoms with van der Waals surface area (Å²) in [6, 6.07) is 3.06. The molecule has 1 heterocycles. The van der Waals surface area contributed by atoms with Gasteiger partial charge in [-0.05, 0) is 62.1 Å². The Bertz CT molecular complexity index is 396. The molecule has 0 amide bonds. The standard InChI is InChI=1S/C18H29NS/c1-3-5-6-7-8-11-17(19-4-2)15-10-9-12-18-16(15)13-14-20-18/h3,13-15,17,19H,1,4-12H2,2H3. The van der Waals surface area contributed by atoms with Gasteiger partial charge in [0.2, 0.25) is 0 Å². The molecule has 0 radical (unpaired) electrons. The largest absolute Gasteiger partial charge is 0.314 e. The van der Waals surface area contributed by atoms with E-state index in [9.17, 15) is 0 Å². The highest BCUT2D eigenvalue weighted by Gasteiger charge is 2.27. The van der Waals surface area contributed by atoms with Gasteiger partial charge >= 0.3 is 0 Å². The highest BCUT2D eigenvalue weighted by atomic mass is 32.1. The highest BCUT2D eigenvalue weighted by molar-refractivity contribution is 7.10. The number of unbranched alkanes of at least 4 members (excludes halogenated alkanes) is 3. The van der Waals surface area contributed by atoms with Gasteiger partial charge in [0.15, 0.2) is 0 Å². The van der Waals surface area contributed by atoms with E-state index in [1.165, 1.54) is 51.4 Å². The van der Waals surface area contributed by atoms with Crippen molar-refractivity contribution < 1.29 is 0 Å². The van der Waals surface area contributed by atoms with Gasteiger partial charge < -0.3 is 5.32 Å². The number of hydrogen-bond donors (Lipinski definition) is 1. The van der Waals surface area contributed by atoms with E-state index in [0.29, 0.717) is 6.04 Å². The lowest BCUT2D eigenvalue weighted by Crippen LogP contribution is -2.36. The van der Waals surface area contributed by atoms with Crippen molar-refractivity contribution in [3.05, 3.63) is 34.5 Å². The molecule has 0 bridgehead atoms. The zero-order valence-electron chi connectivity index (χ0n) is 12.9. The molecular formula is C18H29NS. The zero-order valence-corrected chi connectivity index (χ0v) is 13.7. The summed E-state index contributed by atoms with van der Waals surface area (Å²) in [5.74, 6) is 0.754. The van der Waals surface area contributed by atoms with Crippen molar-refractivity contribution >= 4 is 11.3 Å². The number of hydrogen-bond acceptors (Lipinski definition) is 2. The first-order valence-corrected chi connectivity index (χ1v) is 9.15. The van der Waals surface area contributed by atoms with Crippen LogP contribution in [0.4, 0.5) is 0 Å². The third kappa shape index (κ3) is 4.20. The first-order chi connectivity index (χ1) is 9.86. The Kier molecular flexibility index (Phi) is 6.81. The summed E-state index contributed by atoms with van der Waals surface area (Å²) in [6.45, 7) is 7.13. The van der Waals surface area contributed by atoms with E-state index in [0.717, 1.165) is 12.5 Å². The first-order valence-electron chi connectivity index (χ1n) is 8.27. The maximum Gasteiger partial charge on any atom is 0.0136 e. The Morgan fingerprint density at radius 2 is 2.35 bits per heavy atom. The lowest BCUT2D eigenvalue weighted by atomic mass is 9.80. The quantitative estimate of drug-likeness (QED) is 0.482. The molecule has 0 aromatic carbocycles. The molecule has 1 aromatic rings. The van der Waals surface area contributed by atoms with E-state index in [-0.39, 0.29) is 0 Å². The van der Waals surface area contributed by atoms with E-state index >= 15 is 0 Å². The second kappa shape index (κ2) is 8.63. The molecule has 20 heavy (non-hydrogen) atoms. The predicted octanol–water partition coefficient (Wildman–Crippen LogP) is 5.28. The van der Waals surface area contributed by atoms with E-state index in [1.54, 1.807) is 10.4 Å². The predicted molar refractivity (Wildman–Crippen MR) is 90.7 cm³/mol. The van der Waals surface area contributed by atoms with Crippen LogP contribution in [-0.4, -0.2) is 12.6 Å². The fourth-order valence-electron chi connectivity index (χ4n) is 3.48. The van der Waals surface area contributed by atoms with Crippen LogP contribution < -0.4 is 5.32 Å². The fraction of sp³-hybridized carbons (Fsp3) is 0.667. The van der Waals surface area contributed by atoms with Crippen LogP contribution in [0.25, 0.3) is 0 Å². The van der Waals surface area contributed by atoms with Crippen LogP contribution in [0.1, 0.15) is 68.2 Å². The van der Waals surface area contributed by atoms with Crippen molar-refractivity contribution in [2.75, 3.05) is 6.54 Å². The minimum atomic E-state index is 0.678. The summed E-state index contributed by atoms with van der Waals surface area (Å²) < 4.78 is 0. The molecule has 2 atom stereocenters. The smallest absolute Gasteiger partial charge is 0.0136 e. The Morgan fingerprint density at radius 3 is 3.15 bits per heavy atom. The van der Waals surface area contributed by atoms with Gasteiger partial charge in [0.1, 0.15) is 0 Å². The van der Waals surface area contributed by atoms with Gasteiger partial charge in [-0.1, -0.05) is 25.8 Å². The van der Waals surface area contributed by atoms with Crippen molar-refractivity contribution in [3.63, 3.8) is 0 Å². The summed E-state index contributed by atoms with van der Waals surface area (Å²) in [5, 5.41) is 6.05. The van der Waals surface area contributed by atoms with Crippen molar-refractivity contribution in [3.8, 4) is 0 Å². The number of nitrogens with one attached hydrogen (secondary N) is 1. The Labute approximate surface area is 128 Å². The third-order valence-corrected chi connectivity index (χ3v) is 5.47. The monoisotopic (exact) mass is 291 g/mol. The van der Waals surface area contributed by atoms with Crippen molar-refractivity contribution in [1.82, 2.24) is 5.32 Å². The van der Waals surface area contributed by atoms with Gasteiger partial charge in [-0.3, -0.25) is 0 Å². The molecule has 112 valence electrons. The van der Waals surface area contributed by atoms with Gasteiger partial charge in [-0.2, -0.15) is 0 Å². The van der Waals surface area contributed by atoms with Crippen LogP contribution in [0.15, 0.2) is 24.1 Å². The van der Waals surface area contributed by atoms with Crippen LogP contribution in [0.3, 0.4) is 0 Å². The fourth-order valence-corrected chi connectivity index (χ4v) is 4.47. The summed E-state index contributed by atoms with van der Waals surface area (Å²) in [7, 11) is 0. The average Bonchev–Trinajstić information content (AvgIpc) is 2.94. The van der Waals surface area contributed by atoms with Gasteiger partial charge in [-0.15, -0.1) is 17.9 Å². The molecule has 2 heteroatoms. The van der Waals surface area contributed by atoms with Crippen LogP contribution in [0.2, 0.25) is 0 Å². The molecule has 1 N–H and O–H groups in total. The molecule has 0 fully saturated rings. The lowest BCUT2D eigenvalue weighted by Gasteiger charge is -2.31. The van der Waals surface area contributed by atoms with Gasteiger partial charge in [0, 0.05) is 16.8 Å². The zero-order chi connectivity index (χ0) is 14.2. The van der Waals surface area contributed by atoms with Crippen LogP contribution in [0, 0.1) is 0 Å². The minimum Gasteiger partial charge on any atom is -0.314 e. The molecule has 2 rings (SSSR count). The van der Waals surface area contributed by atoms with Gasteiger partial charge in [0.05, 0.1) is 0 Å². The minimum absolute atomic E-state index is 0.678. The topological polar surface area (TPSA) is 12.0 Å². The summed E-state index contributed by atoms with van der Waals surface area (Å²) in [5.41, 5.74) is 1.65. The molecule has 0 aliphatic heterocycles. The van der Waals surface area contributed by atoms with E-state index in [4.69, 9.17) is 0 Å². The maximum atomic E-state index is 3.80. The van der Waals surface area contributed by atoms with E-state index < -0.39 is 0 Å². The summed E-state index contributed by atoms with van der Waals surface area (Å²) in [6.07, 6.45) is 12.6. The van der Waals surface area contributed by atoms with Crippen LogP contribution in [-0.2, 0) is 6.42 Å². The van der Waals surface area contributed by atoms with Crippen LogP contribution >= 0.6 is 11.3 Å². The van der Waals surface area contributed by atoms with E-state index in [2.05, 4.69) is 30.3 Å². The molecule has 1 nitrogen and oxygen atoms in total. The SMILES string of the molecule is C=CCCCCCC(NCC)C1CCCc2sccc21. The normalized spacial score (nSPS) is 19.6. The van der Waals surface area contributed by atoms with Crippen molar-refractivity contribution in [2.24, 2.45) is 0 Å². The highest BCUT2D eigenvalue weighted by Crippen LogP contribution is 2.38. The molecule has 0 saturated heterocycles. The number of thiophene rings is 1. The number of aryl methyl sites for hydroxylation is 1. The number of fused-ring (bicyclic) bond motifs is 1. The van der Waals surface area contributed by atoms with Crippen molar-refractivity contribution in [2.45, 2.75) is 70.3 Å². The number of rotatable bonds is 9. The Hall–Kier alpha value is -0.600. The second-order valence-electron chi connectivity index (χ2n) is 5.89. The molecule has 0 saturated carbocycles. The van der Waals surface area contributed by atoms with Gasteiger partial charge in [0.25, 0.3) is 0 Å². The number of allylic oxidation sites excluding steroid dienone is 1. The van der Waals surface area contributed by atoms with Gasteiger partial charge in [-0.25, -0.2) is 0 Å². The first kappa shape index (κ1) is 15.8. The Morgan fingerprint density at radius 1 is 1.45 bits per heavy atom. The second-order valence-corrected chi connectivity index (χ2v) is 6.89. The molecule has 1 aliphatic carbocycles. The molecule has 2 unspecified atom stereocenters. The Balaban J connectivity index is 1.90. The summed E-state index contributed by atoms with van der Waals surface area (Å²) >= 11 is 1.96. The molecular weight excluding hydrogens is 262 g/mol. The lowest BCUT2D eigenvalue weighted by molar-refractivity contribution is 0.369. The molecule has 1 aliphatic rings. The van der Waals surface area contributed by atoms with E-state index in [1.807, 2.05) is 17.4 Å². The third-order valence-electron chi connectivity index (χ3n) is 4.47. The summed E-state index contributed by atoms with van der Waals surface area (Å²) in [4.78, 5) is 1.65. The number of likely N-dealkylation sites (N-methyl/N-ethyl adjacent to an activating group) is 1.